The fraction of sp³-hybridized carbons (Fsp3) is 0.118. The van der Waals surface area contributed by atoms with Gasteiger partial charge in [0.25, 0.3) is 0 Å². The average molecular weight is 309 g/mol. The third kappa shape index (κ3) is 2.04. The van der Waals surface area contributed by atoms with Gasteiger partial charge in [0.05, 0.1) is 17.1 Å². The summed E-state index contributed by atoms with van der Waals surface area (Å²) >= 11 is 6.28. The fourth-order valence-corrected chi connectivity index (χ4v) is 2.83. The Balaban J connectivity index is 1.96. The van der Waals surface area contributed by atoms with Crippen molar-refractivity contribution in [2.75, 3.05) is 0 Å². The second kappa shape index (κ2) is 5.07. The Kier molecular flexibility index (Phi) is 3.05. The molecule has 0 spiro atoms. The van der Waals surface area contributed by atoms with Gasteiger partial charge in [-0.2, -0.15) is 5.10 Å². The quantitative estimate of drug-likeness (QED) is 0.556. The number of para-hydroxylation sites is 2. The molecule has 2 aromatic heterocycles. The summed E-state index contributed by atoms with van der Waals surface area (Å²) in [4.78, 5) is 9.29. The number of aromatic nitrogens is 4. The van der Waals surface area contributed by atoms with Gasteiger partial charge >= 0.3 is 0 Å². The van der Waals surface area contributed by atoms with Crippen LogP contribution in [0.1, 0.15) is 18.5 Å². The van der Waals surface area contributed by atoms with Crippen LogP contribution < -0.4 is 0 Å². The molecule has 0 aliphatic heterocycles. The van der Waals surface area contributed by atoms with Gasteiger partial charge in [-0.15, -0.1) is 0 Å². The Labute approximate surface area is 132 Å². The lowest BCUT2D eigenvalue weighted by Gasteiger charge is -2.13. The van der Waals surface area contributed by atoms with Gasteiger partial charge in [-0.1, -0.05) is 54.1 Å². The number of benzene rings is 2. The molecule has 4 rings (SSSR count). The van der Waals surface area contributed by atoms with Gasteiger partial charge in [-0.3, -0.25) is 0 Å². The first-order valence-electron chi connectivity index (χ1n) is 7.09. The Morgan fingerprint density at radius 3 is 2.27 bits per heavy atom. The second-order valence-corrected chi connectivity index (χ2v) is 5.56. The van der Waals surface area contributed by atoms with Gasteiger partial charge in [0.15, 0.2) is 10.8 Å². The summed E-state index contributed by atoms with van der Waals surface area (Å²) in [6, 6.07) is 18.0. The first-order chi connectivity index (χ1) is 10.7. The summed E-state index contributed by atoms with van der Waals surface area (Å²) in [7, 11) is 0. The molecule has 2 aromatic carbocycles. The van der Waals surface area contributed by atoms with Crippen LogP contribution in [0.4, 0.5) is 0 Å². The molecule has 4 aromatic rings. The van der Waals surface area contributed by atoms with Gasteiger partial charge < -0.3 is 0 Å². The lowest BCUT2D eigenvalue weighted by atomic mass is 10.1. The topological polar surface area (TPSA) is 43.6 Å². The first-order valence-corrected chi connectivity index (χ1v) is 7.47. The zero-order valence-electron chi connectivity index (χ0n) is 11.9. The van der Waals surface area contributed by atoms with Crippen LogP contribution in [0.3, 0.4) is 0 Å². The molecular weight excluding hydrogens is 296 g/mol. The largest absolute Gasteiger partial charge is 0.239 e. The number of rotatable bonds is 2. The summed E-state index contributed by atoms with van der Waals surface area (Å²) in [5, 5.41) is 4.83. The van der Waals surface area contributed by atoms with Gasteiger partial charge in [0.1, 0.15) is 5.52 Å². The maximum Gasteiger partial charge on any atom is 0.179 e. The van der Waals surface area contributed by atoms with Gasteiger partial charge in [-0.25, -0.2) is 14.6 Å². The van der Waals surface area contributed by atoms with E-state index in [1.165, 1.54) is 0 Å². The van der Waals surface area contributed by atoms with E-state index >= 15 is 0 Å². The van der Waals surface area contributed by atoms with Crippen LogP contribution in [0.15, 0.2) is 54.6 Å². The molecule has 0 saturated heterocycles. The molecule has 0 aliphatic carbocycles. The van der Waals surface area contributed by atoms with Crippen LogP contribution in [-0.4, -0.2) is 19.7 Å². The van der Waals surface area contributed by atoms with E-state index in [2.05, 4.69) is 29.1 Å². The molecule has 0 N–H and O–H groups in total. The van der Waals surface area contributed by atoms with Crippen LogP contribution >= 0.6 is 11.6 Å². The summed E-state index contributed by atoms with van der Waals surface area (Å²) in [6.07, 6.45) is 0. The molecule has 0 aliphatic rings. The minimum absolute atomic E-state index is 0.0339. The maximum absolute atomic E-state index is 6.28. The standard InChI is InChI=1S/C17H13ClN4/c1-11(12-7-3-2-4-8-12)22-17-15(16(18)21-22)19-13-9-5-6-10-14(13)20-17/h2-11H,1H3. The van der Waals surface area contributed by atoms with Crippen molar-refractivity contribution in [2.24, 2.45) is 0 Å². The highest BCUT2D eigenvalue weighted by molar-refractivity contribution is 6.33. The smallest absolute Gasteiger partial charge is 0.179 e. The molecule has 0 amide bonds. The van der Waals surface area contributed by atoms with E-state index in [9.17, 15) is 0 Å². The van der Waals surface area contributed by atoms with Crippen molar-refractivity contribution < 1.29 is 0 Å². The number of fused-ring (bicyclic) bond motifs is 2. The van der Waals surface area contributed by atoms with Crippen LogP contribution in [0.25, 0.3) is 22.2 Å². The molecule has 5 heteroatoms. The molecule has 2 heterocycles. The molecule has 0 fully saturated rings. The number of hydrogen-bond donors (Lipinski definition) is 0. The van der Waals surface area contributed by atoms with Crippen molar-refractivity contribution in [2.45, 2.75) is 13.0 Å². The van der Waals surface area contributed by atoms with Crippen molar-refractivity contribution in [3.63, 3.8) is 0 Å². The van der Waals surface area contributed by atoms with Crippen molar-refractivity contribution in [3.05, 3.63) is 65.3 Å². The molecule has 108 valence electrons. The van der Waals surface area contributed by atoms with Crippen LogP contribution in [0, 0.1) is 0 Å². The second-order valence-electron chi connectivity index (χ2n) is 5.21. The highest BCUT2D eigenvalue weighted by atomic mass is 35.5. The van der Waals surface area contributed by atoms with E-state index in [-0.39, 0.29) is 6.04 Å². The van der Waals surface area contributed by atoms with Crippen molar-refractivity contribution >= 4 is 33.8 Å². The fourth-order valence-electron chi connectivity index (χ4n) is 2.62. The third-order valence-electron chi connectivity index (χ3n) is 3.81. The van der Waals surface area contributed by atoms with Gasteiger partial charge in [0, 0.05) is 0 Å². The minimum Gasteiger partial charge on any atom is -0.239 e. The lowest BCUT2D eigenvalue weighted by Crippen LogP contribution is -2.09. The first kappa shape index (κ1) is 13.2. The van der Waals surface area contributed by atoms with Crippen molar-refractivity contribution in [1.82, 2.24) is 19.7 Å². The molecule has 0 bridgehead atoms. The third-order valence-corrected chi connectivity index (χ3v) is 4.06. The molecule has 1 atom stereocenters. The SMILES string of the molecule is CC(c1ccccc1)n1nc(Cl)c2nc3ccccc3nc21. The van der Waals surface area contributed by atoms with E-state index in [1.54, 1.807) is 0 Å². The monoisotopic (exact) mass is 308 g/mol. The molecule has 1 unspecified atom stereocenters. The predicted octanol–water partition coefficient (Wildman–Crippen LogP) is 4.24. The van der Waals surface area contributed by atoms with Crippen LogP contribution in [-0.2, 0) is 0 Å². The van der Waals surface area contributed by atoms with Crippen LogP contribution in [0.2, 0.25) is 5.15 Å². The molecule has 0 radical (unpaired) electrons. The summed E-state index contributed by atoms with van der Waals surface area (Å²) in [5.74, 6) is 0. The normalized spacial score (nSPS) is 12.8. The summed E-state index contributed by atoms with van der Waals surface area (Å²) < 4.78 is 1.84. The Morgan fingerprint density at radius 1 is 0.909 bits per heavy atom. The van der Waals surface area contributed by atoms with E-state index in [0.717, 1.165) is 16.6 Å². The average Bonchev–Trinajstić information content (AvgIpc) is 2.89. The zero-order chi connectivity index (χ0) is 15.1. The minimum atomic E-state index is 0.0339. The van der Waals surface area contributed by atoms with E-state index in [1.807, 2.05) is 47.1 Å². The zero-order valence-corrected chi connectivity index (χ0v) is 12.7. The van der Waals surface area contributed by atoms with Crippen molar-refractivity contribution in [3.8, 4) is 0 Å². The summed E-state index contributed by atoms with van der Waals surface area (Å²) in [6.45, 7) is 2.08. The van der Waals surface area contributed by atoms with Gasteiger partial charge in [-0.05, 0) is 24.6 Å². The van der Waals surface area contributed by atoms with Gasteiger partial charge in [0.2, 0.25) is 0 Å². The van der Waals surface area contributed by atoms with E-state index in [0.29, 0.717) is 16.3 Å². The molecule has 4 nitrogen and oxygen atoms in total. The number of nitrogens with zero attached hydrogens (tertiary/aromatic N) is 4. The Hall–Kier alpha value is -2.46. The molecule has 22 heavy (non-hydrogen) atoms. The maximum atomic E-state index is 6.28. The molecule has 0 saturated carbocycles. The van der Waals surface area contributed by atoms with E-state index in [4.69, 9.17) is 16.6 Å². The molecular formula is C17H13ClN4. The lowest BCUT2D eigenvalue weighted by molar-refractivity contribution is 0.580. The highest BCUT2D eigenvalue weighted by Gasteiger charge is 2.18. The predicted molar refractivity (Wildman–Crippen MR) is 88.1 cm³/mol. The highest BCUT2D eigenvalue weighted by Crippen LogP contribution is 2.27. The van der Waals surface area contributed by atoms with Crippen molar-refractivity contribution in [1.29, 1.82) is 0 Å². The summed E-state index contributed by atoms with van der Waals surface area (Å²) in [5.41, 5.74) is 4.17. The number of halogens is 1. The van der Waals surface area contributed by atoms with E-state index < -0.39 is 0 Å². The Bertz CT molecular complexity index is 962. The Morgan fingerprint density at radius 2 is 1.55 bits per heavy atom. The van der Waals surface area contributed by atoms with Crippen LogP contribution in [0.5, 0.6) is 0 Å². The number of hydrogen-bond acceptors (Lipinski definition) is 3.